The van der Waals surface area contributed by atoms with Crippen molar-refractivity contribution in [2.45, 2.75) is 19.9 Å². The first-order chi connectivity index (χ1) is 16.5. The van der Waals surface area contributed by atoms with Crippen LogP contribution < -0.4 is 15.0 Å². The summed E-state index contributed by atoms with van der Waals surface area (Å²) >= 11 is 0. The van der Waals surface area contributed by atoms with Gasteiger partial charge in [0.2, 0.25) is 5.82 Å². The van der Waals surface area contributed by atoms with E-state index in [0.717, 1.165) is 22.3 Å². The number of benzene rings is 3. The Labute approximate surface area is 197 Å². The van der Waals surface area contributed by atoms with Crippen LogP contribution in [0.4, 0.5) is 10.5 Å². The molecule has 0 radical (unpaired) electrons. The molecule has 1 N–H and O–H groups in total. The van der Waals surface area contributed by atoms with E-state index in [4.69, 9.17) is 14.2 Å². The van der Waals surface area contributed by atoms with E-state index in [1.165, 1.54) is 0 Å². The van der Waals surface area contributed by atoms with Gasteiger partial charge in [0.15, 0.2) is 0 Å². The first kappa shape index (κ1) is 21.5. The number of hydrogen-bond donors (Lipinski definition) is 1. The molecule has 0 aliphatic carbocycles. The average molecular weight is 453 g/mol. The Bertz CT molecular complexity index is 1360. The number of nitrogens with one attached hydrogen (secondary N) is 1. The minimum absolute atomic E-state index is 0.237. The molecule has 0 spiro atoms. The summed E-state index contributed by atoms with van der Waals surface area (Å²) in [5.41, 5.74) is 5.07. The third kappa shape index (κ3) is 3.92. The molecule has 2 heterocycles. The highest BCUT2D eigenvalue weighted by atomic mass is 16.5. The highest BCUT2D eigenvalue weighted by molar-refractivity contribution is 6.01. The number of hydrogen-bond acceptors (Lipinski definition) is 5. The molecule has 1 unspecified atom stereocenters. The lowest BCUT2D eigenvalue weighted by Gasteiger charge is -2.35. The molecule has 5 rings (SSSR count). The van der Waals surface area contributed by atoms with E-state index >= 15 is 0 Å². The summed E-state index contributed by atoms with van der Waals surface area (Å²) < 4.78 is 11.0. The topological polar surface area (TPSA) is 80.5 Å². The predicted molar refractivity (Wildman–Crippen MR) is 130 cm³/mol. The number of aryl methyl sites for hydroxylation is 1. The molecular weight excluding hydrogens is 428 g/mol. The van der Waals surface area contributed by atoms with Crippen molar-refractivity contribution in [1.29, 1.82) is 0 Å². The highest BCUT2D eigenvalue weighted by Gasteiger charge is 2.36. The van der Waals surface area contributed by atoms with Crippen molar-refractivity contribution in [2.75, 3.05) is 12.0 Å². The molecule has 0 saturated carbocycles. The zero-order chi connectivity index (χ0) is 23.7. The number of aromatic nitrogens is 2. The van der Waals surface area contributed by atoms with E-state index in [1.807, 2.05) is 92.7 Å². The minimum Gasteiger partial charge on any atom is -0.497 e. The van der Waals surface area contributed by atoms with Crippen LogP contribution >= 0.6 is 0 Å². The Balaban J connectivity index is 1.64. The van der Waals surface area contributed by atoms with E-state index in [2.05, 4.69) is 10.5 Å². The molecule has 2 amide bonds. The zero-order valence-electron chi connectivity index (χ0n) is 19.1. The van der Waals surface area contributed by atoms with Crippen molar-refractivity contribution in [3.63, 3.8) is 0 Å². The quantitative estimate of drug-likeness (QED) is 0.417. The van der Waals surface area contributed by atoms with Gasteiger partial charge in [-0.2, -0.15) is 4.98 Å². The molecule has 4 aromatic rings. The summed E-state index contributed by atoms with van der Waals surface area (Å²) in [7, 11) is 1.61. The SMILES string of the molecule is COc1ccc(N2C(=O)NC(c3ccccc3)C(c3nc(-c4cccc(C)c4)no3)=C2C)cc1. The maximum absolute atomic E-state index is 13.3. The Kier molecular flexibility index (Phi) is 5.59. The number of urea groups is 1. The van der Waals surface area contributed by atoms with Crippen LogP contribution in [0.25, 0.3) is 17.0 Å². The average Bonchev–Trinajstić information content (AvgIpc) is 3.34. The number of methoxy groups -OCH3 is 1. The van der Waals surface area contributed by atoms with Gasteiger partial charge in [0.05, 0.1) is 24.4 Å². The molecule has 1 atom stereocenters. The highest BCUT2D eigenvalue weighted by Crippen LogP contribution is 2.39. The third-order valence-electron chi connectivity index (χ3n) is 5.88. The Morgan fingerprint density at radius 2 is 1.74 bits per heavy atom. The van der Waals surface area contributed by atoms with Crippen LogP contribution in [-0.2, 0) is 0 Å². The van der Waals surface area contributed by atoms with Crippen LogP contribution in [0.5, 0.6) is 5.75 Å². The number of allylic oxidation sites excluding steroid dienone is 1. The number of carbonyl (C=O) groups is 1. The Morgan fingerprint density at radius 1 is 0.971 bits per heavy atom. The van der Waals surface area contributed by atoms with Gasteiger partial charge in [-0.05, 0) is 49.7 Å². The molecule has 34 heavy (non-hydrogen) atoms. The van der Waals surface area contributed by atoms with Crippen LogP contribution in [0.2, 0.25) is 0 Å². The van der Waals surface area contributed by atoms with Crippen LogP contribution in [0.1, 0.15) is 30.0 Å². The molecule has 3 aromatic carbocycles. The van der Waals surface area contributed by atoms with Crippen molar-refractivity contribution in [3.8, 4) is 17.1 Å². The molecule has 7 nitrogen and oxygen atoms in total. The van der Waals surface area contributed by atoms with Gasteiger partial charge in [-0.25, -0.2) is 4.79 Å². The van der Waals surface area contributed by atoms with E-state index in [-0.39, 0.29) is 6.03 Å². The molecule has 0 bridgehead atoms. The maximum Gasteiger partial charge on any atom is 0.326 e. The van der Waals surface area contributed by atoms with E-state index in [9.17, 15) is 4.79 Å². The molecule has 0 saturated heterocycles. The normalized spacial score (nSPS) is 15.9. The lowest BCUT2D eigenvalue weighted by Crippen LogP contribution is -2.46. The van der Waals surface area contributed by atoms with E-state index < -0.39 is 6.04 Å². The summed E-state index contributed by atoms with van der Waals surface area (Å²) in [5.74, 6) is 1.57. The standard InChI is InChI=1S/C27H24N4O3/c1-17-8-7-11-20(16-17)25-29-26(34-30-25)23-18(2)31(21-12-14-22(33-3)15-13-21)27(32)28-24(23)19-9-5-4-6-10-19/h4-16,24H,1-3H3,(H,28,32). The summed E-state index contributed by atoms with van der Waals surface area (Å²) in [5, 5.41) is 7.35. The van der Waals surface area contributed by atoms with Gasteiger partial charge in [0.1, 0.15) is 5.75 Å². The van der Waals surface area contributed by atoms with Crippen molar-refractivity contribution in [2.24, 2.45) is 0 Å². The number of carbonyl (C=O) groups excluding carboxylic acids is 1. The van der Waals surface area contributed by atoms with Gasteiger partial charge < -0.3 is 14.6 Å². The maximum atomic E-state index is 13.3. The van der Waals surface area contributed by atoms with Crippen molar-refractivity contribution in [3.05, 3.63) is 102 Å². The molecule has 1 aromatic heterocycles. The Hall–Kier alpha value is -4.39. The number of anilines is 1. The molecule has 0 fully saturated rings. The van der Waals surface area contributed by atoms with E-state index in [0.29, 0.717) is 28.8 Å². The molecule has 1 aliphatic heterocycles. The van der Waals surface area contributed by atoms with Crippen molar-refractivity contribution in [1.82, 2.24) is 15.5 Å². The summed E-state index contributed by atoms with van der Waals surface area (Å²) in [4.78, 5) is 19.6. The van der Waals surface area contributed by atoms with Crippen LogP contribution in [0.15, 0.2) is 89.1 Å². The first-order valence-electron chi connectivity index (χ1n) is 11.0. The fourth-order valence-corrected chi connectivity index (χ4v) is 4.19. The lowest BCUT2D eigenvalue weighted by atomic mass is 9.94. The number of rotatable bonds is 5. The van der Waals surface area contributed by atoms with E-state index in [1.54, 1.807) is 12.0 Å². The molecule has 170 valence electrons. The van der Waals surface area contributed by atoms with Crippen LogP contribution in [0, 0.1) is 6.92 Å². The predicted octanol–water partition coefficient (Wildman–Crippen LogP) is 5.76. The molecule has 7 heteroatoms. The second kappa shape index (κ2) is 8.86. The van der Waals surface area contributed by atoms with Gasteiger partial charge in [-0.1, -0.05) is 59.3 Å². The lowest BCUT2D eigenvalue weighted by molar-refractivity contribution is 0.244. The summed E-state index contributed by atoms with van der Waals surface area (Å²) in [6.45, 7) is 3.91. The monoisotopic (exact) mass is 452 g/mol. The smallest absolute Gasteiger partial charge is 0.326 e. The number of amides is 2. The van der Waals surface area contributed by atoms with Gasteiger partial charge >= 0.3 is 6.03 Å². The molecular formula is C27H24N4O3. The van der Waals surface area contributed by atoms with Crippen molar-refractivity contribution < 1.29 is 14.1 Å². The minimum atomic E-state index is -0.436. The van der Waals surface area contributed by atoms with Crippen LogP contribution in [0.3, 0.4) is 0 Å². The Morgan fingerprint density at radius 3 is 2.44 bits per heavy atom. The second-order valence-corrected chi connectivity index (χ2v) is 8.12. The van der Waals surface area contributed by atoms with Gasteiger partial charge in [0, 0.05) is 11.3 Å². The second-order valence-electron chi connectivity index (χ2n) is 8.12. The van der Waals surface area contributed by atoms with Crippen LogP contribution in [-0.4, -0.2) is 23.3 Å². The van der Waals surface area contributed by atoms with Gasteiger partial charge in [0.25, 0.3) is 5.89 Å². The number of nitrogens with zero attached hydrogens (tertiary/aromatic N) is 3. The zero-order valence-corrected chi connectivity index (χ0v) is 19.1. The summed E-state index contributed by atoms with van der Waals surface area (Å²) in [6, 6.07) is 24.4. The largest absolute Gasteiger partial charge is 0.497 e. The van der Waals surface area contributed by atoms with Gasteiger partial charge in [-0.3, -0.25) is 4.90 Å². The third-order valence-corrected chi connectivity index (χ3v) is 5.88. The fraction of sp³-hybridized carbons (Fsp3) is 0.148. The van der Waals surface area contributed by atoms with Gasteiger partial charge in [-0.15, -0.1) is 0 Å². The summed E-state index contributed by atoms with van der Waals surface area (Å²) in [6.07, 6.45) is 0. The van der Waals surface area contributed by atoms with Crippen molar-refractivity contribution >= 4 is 17.3 Å². The first-order valence-corrected chi connectivity index (χ1v) is 11.0. The number of ether oxygens (including phenoxy) is 1. The molecule has 1 aliphatic rings. The fourth-order valence-electron chi connectivity index (χ4n) is 4.19.